The second kappa shape index (κ2) is 7.45. The molecule has 0 saturated heterocycles. The van der Waals surface area contributed by atoms with Crippen molar-refractivity contribution < 1.29 is 23.8 Å². The molecule has 0 spiro atoms. The fourth-order valence-corrected chi connectivity index (χ4v) is 2.04. The molecule has 5 nitrogen and oxygen atoms in total. The van der Waals surface area contributed by atoms with Crippen LogP contribution in [0.25, 0.3) is 0 Å². The lowest BCUT2D eigenvalue weighted by Gasteiger charge is -2.10. The standard InChI is InChI=1S/C18H18O5/c1-12(19)13-4-6-14(7-5-13)23-11-17(20)16-10-15(21-2)8-9-18(16)22-3/h4-10H,11H2,1-3H3. The first-order valence-corrected chi connectivity index (χ1v) is 7.04. The highest BCUT2D eigenvalue weighted by Crippen LogP contribution is 2.24. The van der Waals surface area contributed by atoms with E-state index in [1.807, 2.05) is 0 Å². The van der Waals surface area contributed by atoms with Gasteiger partial charge in [0.15, 0.2) is 12.4 Å². The molecule has 0 aliphatic heterocycles. The molecule has 0 amide bonds. The first-order valence-electron chi connectivity index (χ1n) is 7.04. The van der Waals surface area contributed by atoms with Crippen LogP contribution in [0.15, 0.2) is 42.5 Å². The van der Waals surface area contributed by atoms with Crippen molar-refractivity contribution in [3.63, 3.8) is 0 Å². The minimum Gasteiger partial charge on any atom is -0.497 e. The second-order valence-electron chi connectivity index (χ2n) is 4.86. The van der Waals surface area contributed by atoms with Crippen molar-refractivity contribution in [1.29, 1.82) is 0 Å². The second-order valence-corrected chi connectivity index (χ2v) is 4.86. The van der Waals surface area contributed by atoms with Crippen molar-refractivity contribution >= 4 is 11.6 Å². The number of Topliss-reactive ketones (excluding diaryl/α,β-unsaturated/α-hetero) is 2. The van der Waals surface area contributed by atoms with Gasteiger partial charge in [-0.15, -0.1) is 0 Å². The van der Waals surface area contributed by atoms with Gasteiger partial charge in [0, 0.05) is 5.56 Å². The fourth-order valence-electron chi connectivity index (χ4n) is 2.04. The molecule has 0 radical (unpaired) electrons. The van der Waals surface area contributed by atoms with E-state index in [0.29, 0.717) is 28.4 Å². The SMILES string of the molecule is COc1ccc(OC)c(C(=O)COc2ccc(C(C)=O)cc2)c1. The van der Waals surface area contributed by atoms with Crippen molar-refractivity contribution in [3.05, 3.63) is 53.6 Å². The van der Waals surface area contributed by atoms with Crippen molar-refractivity contribution in [2.24, 2.45) is 0 Å². The molecule has 0 heterocycles. The van der Waals surface area contributed by atoms with Crippen LogP contribution in [0.4, 0.5) is 0 Å². The van der Waals surface area contributed by atoms with Gasteiger partial charge < -0.3 is 14.2 Å². The predicted octanol–water partition coefficient (Wildman–Crippen LogP) is 3.17. The zero-order valence-corrected chi connectivity index (χ0v) is 13.3. The normalized spacial score (nSPS) is 10.0. The minimum atomic E-state index is -0.226. The third kappa shape index (κ3) is 4.10. The Kier molecular flexibility index (Phi) is 5.36. The maximum atomic E-state index is 12.3. The highest BCUT2D eigenvalue weighted by molar-refractivity contribution is 6.00. The van der Waals surface area contributed by atoms with E-state index in [-0.39, 0.29) is 18.2 Å². The Labute approximate surface area is 134 Å². The summed E-state index contributed by atoms with van der Waals surface area (Å²) in [6.45, 7) is 1.36. The molecule has 0 bridgehead atoms. The molecule has 5 heteroatoms. The van der Waals surface area contributed by atoms with Crippen molar-refractivity contribution in [1.82, 2.24) is 0 Å². The van der Waals surface area contributed by atoms with Gasteiger partial charge in [0.25, 0.3) is 0 Å². The Bertz CT molecular complexity index is 704. The number of benzene rings is 2. The summed E-state index contributed by atoms with van der Waals surface area (Å²) < 4.78 is 15.8. The maximum Gasteiger partial charge on any atom is 0.204 e. The van der Waals surface area contributed by atoms with Crippen LogP contribution < -0.4 is 14.2 Å². The molecule has 0 N–H and O–H groups in total. The van der Waals surface area contributed by atoms with E-state index in [1.54, 1.807) is 42.5 Å². The molecule has 0 saturated carbocycles. The molecule has 2 aromatic carbocycles. The summed E-state index contributed by atoms with van der Waals surface area (Å²) in [4.78, 5) is 23.5. The number of ether oxygens (including phenoxy) is 3. The van der Waals surface area contributed by atoms with Crippen LogP contribution in [0, 0.1) is 0 Å². The molecule has 120 valence electrons. The van der Waals surface area contributed by atoms with Gasteiger partial charge >= 0.3 is 0 Å². The van der Waals surface area contributed by atoms with Crippen LogP contribution in [-0.2, 0) is 0 Å². The van der Waals surface area contributed by atoms with E-state index in [9.17, 15) is 9.59 Å². The molecule has 0 aliphatic rings. The van der Waals surface area contributed by atoms with E-state index in [4.69, 9.17) is 14.2 Å². The lowest BCUT2D eigenvalue weighted by atomic mass is 10.1. The molecule has 0 aliphatic carbocycles. The molecule has 23 heavy (non-hydrogen) atoms. The van der Waals surface area contributed by atoms with Gasteiger partial charge in [-0.25, -0.2) is 0 Å². The van der Waals surface area contributed by atoms with Gasteiger partial charge in [-0.2, -0.15) is 0 Å². The third-order valence-corrected chi connectivity index (χ3v) is 3.34. The first kappa shape index (κ1) is 16.5. The molecule has 2 rings (SSSR count). The zero-order valence-electron chi connectivity index (χ0n) is 13.3. The highest BCUT2D eigenvalue weighted by Gasteiger charge is 2.14. The van der Waals surface area contributed by atoms with Gasteiger partial charge in [0.2, 0.25) is 5.78 Å². The average molecular weight is 314 g/mol. The summed E-state index contributed by atoms with van der Waals surface area (Å²) in [5.74, 6) is 1.31. The van der Waals surface area contributed by atoms with E-state index in [0.717, 1.165) is 0 Å². The number of hydrogen-bond donors (Lipinski definition) is 0. The summed E-state index contributed by atoms with van der Waals surface area (Å²) in [6, 6.07) is 11.6. The number of rotatable bonds is 7. The Morgan fingerprint density at radius 3 is 2.13 bits per heavy atom. The largest absolute Gasteiger partial charge is 0.497 e. The van der Waals surface area contributed by atoms with Crippen LogP contribution >= 0.6 is 0 Å². The van der Waals surface area contributed by atoms with E-state index in [1.165, 1.54) is 21.1 Å². The average Bonchev–Trinajstić information content (AvgIpc) is 2.59. The van der Waals surface area contributed by atoms with Gasteiger partial charge in [-0.05, 0) is 49.4 Å². The Morgan fingerprint density at radius 1 is 0.913 bits per heavy atom. The summed E-state index contributed by atoms with van der Waals surface area (Å²) in [7, 11) is 3.03. The molecule has 0 aromatic heterocycles. The fraction of sp³-hybridized carbons (Fsp3) is 0.222. The quantitative estimate of drug-likeness (QED) is 0.735. The highest BCUT2D eigenvalue weighted by atomic mass is 16.5. The van der Waals surface area contributed by atoms with E-state index >= 15 is 0 Å². The van der Waals surface area contributed by atoms with Crippen LogP contribution in [-0.4, -0.2) is 32.4 Å². The number of hydrogen-bond acceptors (Lipinski definition) is 5. The zero-order chi connectivity index (χ0) is 16.8. The molecule has 2 aromatic rings. The summed E-state index contributed by atoms with van der Waals surface area (Å²) in [6.07, 6.45) is 0. The number of carbonyl (C=O) groups is 2. The molecular weight excluding hydrogens is 296 g/mol. The topological polar surface area (TPSA) is 61.8 Å². The Balaban J connectivity index is 2.08. The summed E-state index contributed by atoms with van der Waals surface area (Å²) in [5, 5.41) is 0. The predicted molar refractivity (Wildman–Crippen MR) is 85.8 cm³/mol. The van der Waals surface area contributed by atoms with Crippen LogP contribution in [0.1, 0.15) is 27.6 Å². The van der Waals surface area contributed by atoms with Gasteiger partial charge in [-0.1, -0.05) is 0 Å². The minimum absolute atomic E-state index is 0.0197. The monoisotopic (exact) mass is 314 g/mol. The van der Waals surface area contributed by atoms with Gasteiger partial charge in [0.05, 0.1) is 19.8 Å². The van der Waals surface area contributed by atoms with Crippen molar-refractivity contribution in [2.45, 2.75) is 6.92 Å². The summed E-state index contributed by atoms with van der Waals surface area (Å²) >= 11 is 0. The molecule has 0 fully saturated rings. The first-order chi connectivity index (χ1) is 11.0. The third-order valence-electron chi connectivity index (χ3n) is 3.34. The van der Waals surface area contributed by atoms with Crippen LogP contribution in [0.2, 0.25) is 0 Å². The molecular formula is C18H18O5. The Hall–Kier alpha value is -2.82. The van der Waals surface area contributed by atoms with Crippen LogP contribution in [0.5, 0.6) is 17.2 Å². The summed E-state index contributed by atoms with van der Waals surface area (Å²) in [5.41, 5.74) is 0.991. The van der Waals surface area contributed by atoms with Crippen LogP contribution in [0.3, 0.4) is 0 Å². The maximum absolute atomic E-state index is 12.3. The number of methoxy groups -OCH3 is 2. The number of ketones is 2. The van der Waals surface area contributed by atoms with Gasteiger partial charge in [0.1, 0.15) is 17.2 Å². The molecule has 0 unspecified atom stereocenters. The smallest absolute Gasteiger partial charge is 0.204 e. The van der Waals surface area contributed by atoms with Crippen molar-refractivity contribution in [3.8, 4) is 17.2 Å². The van der Waals surface area contributed by atoms with Crippen molar-refractivity contribution in [2.75, 3.05) is 20.8 Å². The number of carbonyl (C=O) groups excluding carboxylic acids is 2. The lowest BCUT2D eigenvalue weighted by Crippen LogP contribution is -2.13. The van der Waals surface area contributed by atoms with Gasteiger partial charge in [-0.3, -0.25) is 9.59 Å². The Morgan fingerprint density at radius 2 is 1.57 bits per heavy atom. The van der Waals surface area contributed by atoms with E-state index < -0.39 is 0 Å². The lowest BCUT2D eigenvalue weighted by molar-refractivity contribution is 0.0917. The van der Waals surface area contributed by atoms with E-state index in [2.05, 4.69) is 0 Å². The molecule has 0 atom stereocenters.